The summed E-state index contributed by atoms with van der Waals surface area (Å²) < 4.78 is 43.0. The second-order valence-corrected chi connectivity index (χ2v) is 10.6. The number of fused-ring (bicyclic) bond motifs is 1. The molecule has 2 aromatic heterocycles. The van der Waals surface area contributed by atoms with Crippen LogP contribution in [0.3, 0.4) is 0 Å². The van der Waals surface area contributed by atoms with E-state index in [4.69, 9.17) is 0 Å². The number of nitrogens with one attached hydrogen (secondary N) is 1. The predicted molar refractivity (Wildman–Crippen MR) is 142 cm³/mol. The van der Waals surface area contributed by atoms with Gasteiger partial charge >= 0.3 is 0 Å². The smallest absolute Gasteiger partial charge is 0.249 e. The lowest BCUT2D eigenvalue weighted by Gasteiger charge is -2.35. The Morgan fingerprint density at radius 3 is 2.48 bits per heavy atom. The lowest BCUT2D eigenvalue weighted by molar-refractivity contribution is -0.139. The second kappa shape index (κ2) is 10.4. The maximum Gasteiger partial charge on any atom is 0.249 e. The molecule has 0 unspecified atom stereocenters. The van der Waals surface area contributed by atoms with E-state index in [1.54, 1.807) is 29.2 Å². The van der Waals surface area contributed by atoms with Crippen molar-refractivity contribution in [2.45, 2.75) is 55.9 Å². The van der Waals surface area contributed by atoms with Crippen LogP contribution in [-0.4, -0.2) is 55.9 Å². The molecular formula is C30H28F3N5O2. The maximum atomic E-state index is 14.6. The molecule has 1 saturated heterocycles. The van der Waals surface area contributed by atoms with Crippen LogP contribution in [0.15, 0.2) is 79.3 Å². The largest absolute Gasteiger partial charge is 0.342 e. The van der Waals surface area contributed by atoms with Crippen LogP contribution in [0, 0.1) is 0 Å². The number of carbonyl (C=O) groups excluding carboxylic acids is 2. The minimum atomic E-state index is -2.63. The molecule has 6 rings (SSSR count). The van der Waals surface area contributed by atoms with Gasteiger partial charge in [-0.05, 0) is 35.2 Å². The number of amides is 2. The molecule has 4 aromatic rings. The van der Waals surface area contributed by atoms with E-state index in [-0.39, 0.29) is 44.2 Å². The molecule has 7 nitrogen and oxygen atoms in total. The Bertz CT molecular complexity index is 1520. The summed E-state index contributed by atoms with van der Waals surface area (Å²) in [6, 6.07) is 18.4. The quantitative estimate of drug-likeness (QED) is 0.361. The van der Waals surface area contributed by atoms with E-state index in [0.29, 0.717) is 5.69 Å². The minimum absolute atomic E-state index is 0.0671. The van der Waals surface area contributed by atoms with Crippen molar-refractivity contribution in [3.05, 3.63) is 96.1 Å². The standard InChI is InChI=1S/C30H28F3N5O2/c31-22-12-26(38(16-22)27(39)17-37-18-35-23-8-4-5-9-25(23)37)29(40)36-28(19-6-2-1-3-7-19)24-11-10-20(15-34-24)21-13-30(32,33)14-21/h1-11,15,18,21-22,26,28H,12-14,16-17H2,(H,36,40)/t22-,26+,28+/m1/s1. The molecule has 10 heteroatoms. The van der Waals surface area contributed by atoms with Crippen LogP contribution in [0.2, 0.25) is 0 Å². The third-order valence-electron chi connectivity index (χ3n) is 7.79. The van der Waals surface area contributed by atoms with E-state index in [9.17, 15) is 22.8 Å². The zero-order valence-electron chi connectivity index (χ0n) is 21.6. The Labute approximate surface area is 229 Å². The summed E-state index contributed by atoms with van der Waals surface area (Å²) in [7, 11) is 0. The highest BCUT2D eigenvalue weighted by Gasteiger charge is 2.46. The Balaban J connectivity index is 1.21. The molecule has 2 amide bonds. The molecule has 1 N–H and O–H groups in total. The predicted octanol–water partition coefficient (Wildman–Crippen LogP) is 4.79. The molecule has 40 heavy (non-hydrogen) atoms. The topological polar surface area (TPSA) is 80.1 Å². The van der Waals surface area contributed by atoms with Gasteiger partial charge in [-0.3, -0.25) is 14.6 Å². The molecule has 0 bridgehead atoms. The summed E-state index contributed by atoms with van der Waals surface area (Å²) in [6.07, 6.45) is 1.32. The number of hydrogen-bond donors (Lipinski definition) is 1. The summed E-state index contributed by atoms with van der Waals surface area (Å²) in [6.45, 7) is -0.235. The number of alkyl halides is 3. The summed E-state index contributed by atoms with van der Waals surface area (Å²) >= 11 is 0. The van der Waals surface area contributed by atoms with Gasteiger partial charge in [-0.25, -0.2) is 18.2 Å². The lowest BCUT2D eigenvalue weighted by atomic mass is 9.77. The second-order valence-electron chi connectivity index (χ2n) is 10.6. The molecule has 3 heterocycles. The first-order valence-corrected chi connectivity index (χ1v) is 13.3. The fraction of sp³-hybridized carbons (Fsp3) is 0.333. The number of pyridine rings is 1. The van der Waals surface area contributed by atoms with Crippen LogP contribution in [0.4, 0.5) is 13.2 Å². The molecule has 1 saturated carbocycles. The number of benzene rings is 2. The normalized spacial score (nSPS) is 21.2. The zero-order valence-corrected chi connectivity index (χ0v) is 21.6. The van der Waals surface area contributed by atoms with Gasteiger partial charge in [-0.15, -0.1) is 0 Å². The van der Waals surface area contributed by atoms with Crippen molar-refractivity contribution in [1.82, 2.24) is 24.8 Å². The summed E-state index contributed by atoms with van der Waals surface area (Å²) in [4.78, 5) is 37.0. The van der Waals surface area contributed by atoms with Crippen LogP contribution in [0.25, 0.3) is 11.0 Å². The molecule has 1 aliphatic heterocycles. The van der Waals surface area contributed by atoms with Crippen molar-refractivity contribution >= 4 is 22.8 Å². The fourth-order valence-corrected chi connectivity index (χ4v) is 5.62. The zero-order chi connectivity index (χ0) is 27.9. The lowest BCUT2D eigenvalue weighted by Crippen LogP contribution is -2.48. The van der Waals surface area contributed by atoms with Crippen molar-refractivity contribution in [1.29, 1.82) is 0 Å². The molecular weight excluding hydrogens is 519 g/mol. The van der Waals surface area contributed by atoms with Crippen LogP contribution < -0.4 is 5.32 Å². The van der Waals surface area contributed by atoms with Crippen molar-refractivity contribution in [3.8, 4) is 0 Å². The summed E-state index contributed by atoms with van der Waals surface area (Å²) in [5.41, 5.74) is 3.52. The Morgan fingerprint density at radius 1 is 1.00 bits per heavy atom. The van der Waals surface area contributed by atoms with Gasteiger partial charge in [0.25, 0.3) is 0 Å². The van der Waals surface area contributed by atoms with Gasteiger partial charge in [0.2, 0.25) is 17.7 Å². The van der Waals surface area contributed by atoms with Crippen molar-refractivity contribution in [3.63, 3.8) is 0 Å². The van der Waals surface area contributed by atoms with Crippen molar-refractivity contribution in [2.24, 2.45) is 0 Å². The van der Waals surface area contributed by atoms with Gasteiger partial charge < -0.3 is 14.8 Å². The first-order chi connectivity index (χ1) is 19.3. The first-order valence-electron chi connectivity index (χ1n) is 13.3. The first kappa shape index (κ1) is 26.0. The number of nitrogens with zero attached hydrogens (tertiary/aromatic N) is 4. The number of aromatic nitrogens is 3. The molecule has 0 radical (unpaired) electrons. The number of imidazole rings is 1. The van der Waals surface area contributed by atoms with E-state index in [1.165, 1.54) is 4.90 Å². The number of hydrogen-bond acceptors (Lipinski definition) is 4. The van der Waals surface area contributed by atoms with Crippen LogP contribution >= 0.6 is 0 Å². The highest BCUT2D eigenvalue weighted by atomic mass is 19.3. The average Bonchev–Trinajstić information content (AvgIpc) is 3.54. The monoisotopic (exact) mass is 547 g/mol. The van der Waals surface area contributed by atoms with Crippen molar-refractivity contribution < 1.29 is 22.8 Å². The number of likely N-dealkylation sites (tertiary alicyclic amines) is 1. The molecule has 3 atom stereocenters. The Hall–Kier alpha value is -4.21. The van der Waals surface area contributed by atoms with Crippen molar-refractivity contribution in [2.75, 3.05) is 6.54 Å². The van der Waals surface area contributed by atoms with E-state index in [0.717, 1.165) is 22.2 Å². The Morgan fingerprint density at radius 2 is 1.75 bits per heavy atom. The maximum absolute atomic E-state index is 14.6. The SMILES string of the molecule is O=C(N[C@@H](c1ccccc1)c1ccc(C2CC(F)(F)C2)cn1)[C@@H]1C[C@@H](F)CN1C(=O)Cn1cnc2ccccc21. The minimum Gasteiger partial charge on any atom is -0.342 e. The summed E-state index contributed by atoms with van der Waals surface area (Å²) in [5.74, 6) is -3.73. The molecule has 2 aliphatic rings. The van der Waals surface area contributed by atoms with Gasteiger partial charge in [-0.1, -0.05) is 48.5 Å². The van der Waals surface area contributed by atoms with Crippen LogP contribution in [-0.2, 0) is 16.1 Å². The average molecular weight is 548 g/mol. The molecule has 0 spiro atoms. The number of para-hydroxylation sites is 2. The van der Waals surface area contributed by atoms with Gasteiger partial charge in [0.1, 0.15) is 18.8 Å². The van der Waals surface area contributed by atoms with E-state index >= 15 is 0 Å². The van der Waals surface area contributed by atoms with Gasteiger partial charge in [-0.2, -0.15) is 0 Å². The molecule has 206 valence electrons. The van der Waals surface area contributed by atoms with E-state index < -0.39 is 30.1 Å². The van der Waals surface area contributed by atoms with Gasteiger partial charge in [0.05, 0.1) is 35.6 Å². The highest BCUT2D eigenvalue weighted by molar-refractivity contribution is 5.89. The number of halogens is 3. The van der Waals surface area contributed by atoms with Crippen LogP contribution in [0.1, 0.15) is 48.0 Å². The van der Waals surface area contributed by atoms with E-state index in [1.807, 2.05) is 54.6 Å². The van der Waals surface area contributed by atoms with Gasteiger partial charge in [0.15, 0.2) is 0 Å². The third-order valence-corrected chi connectivity index (χ3v) is 7.79. The number of carbonyl (C=O) groups is 2. The molecule has 1 aliphatic carbocycles. The fourth-order valence-electron chi connectivity index (χ4n) is 5.62. The highest BCUT2D eigenvalue weighted by Crippen LogP contribution is 2.48. The van der Waals surface area contributed by atoms with Crippen LogP contribution in [0.5, 0.6) is 0 Å². The van der Waals surface area contributed by atoms with E-state index in [2.05, 4.69) is 15.3 Å². The summed E-state index contributed by atoms with van der Waals surface area (Å²) in [5, 5.41) is 2.97. The van der Waals surface area contributed by atoms with Gasteiger partial charge in [0, 0.05) is 25.5 Å². The third kappa shape index (κ3) is 5.17. The Kier molecular flexibility index (Phi) is 6.77. The number of rotatable bonds is 7. The molecule has 2 aromatic carbocycles. The molecule has 2 fully saturated rings.